The molecule has 2 aliphatic rings. The van der Waals surface area contributed by atoms with Gasteiger partial charge in [0.25, 0.3) is 0 Å². The van der Waals surface area contributed by atoms with Crippen molar-refractivity contribution < 1.29 is 9.59 Å². The van der Waals surface area contributed by atoms with Crippen LogP contribution in [0.4, 0.5) is 0 Å². The first-order chi connectivity index (χ1) is 11.5. The van der Waals surface area contributed by atoms with Gasteiger partial charge in [-0.1, -0.05) is 40.0 Å². The highest BCUT2D eigenvalue weighted by molar-refractivity contribution is 5.87. The minimum Gasteiger partial charge on any atom is -0.369 e. The van der Waals surface area contributed by atoms with Crippen molar-refractivity contribution in [1.82, 2.24) is 4.90 Å². The van der Waals surface area contributed by atoms with E-state index in [0.29, 0.717) is 17.9 Å². The number of amides is 2. The highest BCUT2D eigenvalue weighted by Gasteiger charge is 2.41. The van der Waals surface area contributed by atoms with Gasteiger partial charge in [-0.2, -0.15) is 0 Å². The Morgan fingerprint density at radius 2 is 1.75 bits per heavy atom. The molecule has 4 heteroatoms. The van der Waals surface area contributed by atoms with E-state index in [9.17, 15) is 9.59 Å². The van der Waals surface area contributed by atoms with Crippen molar-refractivity contribution in [2.45, 2.75) is 84.6 Å². The zero-order valence-electron chi connectivity index (χ0n) is 15.8. The van der Waals surface area contributed by atoms with Crippen molar-refractivity contribution in [2.24, 2.45) is 29.4 Å². The maximum atomic E-state index is 13.4. The predicted octanol–water partition coefficient (Wildman–Crippen LogP) is 3.73. The molecule has 2 amide bonds. The first-order valence-corrected chi connectivity index (χ1v) is 10.1. The third kappa shape index (κ3) is 4.52. The van der Waals surface area contributed by atoms with Crippen LogP contribution in [0.15, 0.2) is 0 Å². The summed E-state index contributed by atoms with van der Waals surface area (Å²) in [5.74, 6) is 0.432. The predicted molar refractivity (Wildman–Crippen MR) is 97.2 cm³/mol. The van der Waals surface area contributed by atoms with Crippen LogP contribution >= 0.6 is 0 Å². The maximum Gasteiger partial charge on any atom is 0.226 e. The van der Waals surface area contributed by atoms with E-state index >= 15 is 0 Å². The fraction of sp³-hybridized carbons (Fsp3) is 0.900. The summed E-state index contributed by atoms with van der Waals surface area (Å²) < 4.78 is 0. The first kappa shape index (κ1) is 19.3. The average molecular weight is 337 g/mol. The molecule has 24 heavy (non-hydrogen) atoms. The van der Waals surface area contributed by atoms with Crippen LogP contribution in [0.3, 0.4) is 0 Å². The third-order valence-electron chi connectivity index (χ3n) is 6.02. The van der Waals surface area contributed by atoms with Gasteiger partial charge in [0, 0.05) is 24.4 Å². The second-order valence-corrected chi connectivity index (χ2v) is 8.32. The van der Waals surface area contributed by atoms with E-state index in [1.165, 1.54) is 25.7 Å². The number of rotatable bonds is 7. The summed E-state index contributed by atoms with van der Waals surface area (Å²) in [6.45, 7) is 7.19. The number of hydrogen-bond acceptors (Lipinski definition) is 2. The summed E-state index contributed by atoms with van der Waals surface area (Å²) in [5.41, 5.74) is 5.69. The summed E-state index contributed by atoms with van der Waals surface area (Å²) in [5, 5.41) is 0. The molecule has 1 saturated heterocycles. The number of hydrogen-bond donors (Lipinski definition) is 1. The quantitative estimate of drug-likeness (QED) is 0.770. The molecule has 1 aliphatic carbocycles. The van der Waals surface area contributed by atoms with Gasteiger partial charge < -0.3 is 10.6 Å². The summed E-state index contributed by atoms with van der Waals surface area (Å²) in [4.78, 5) is 27.6. The van der Waals surface area contributed by atoms with E-state index in [1.807, 2.05) is 0 Å². The highest BCUT2D eigenvalue weighted by atomic mass is 16.2. The van der Waals surface area contributed by atoms with Crippen LogP contribution < -0.4 is 5.73 Å². The van der Waals surface area contributed by atoms with Gasteiger partial charge in [0.1, 0.15) is 0 Å². The normalized spacial score (nSPS) is 26.8. The Kier molecular flexibility index (Phi) is 7.12. The number of fused-ring (bicyclic) bond motifs is 1. The number of carbonyl (C=O) groups excluding carboxylic acids is 2. The molecule has 1 aliphatic heterocycles. The number of piperidine rings is 1. The number of likely N-dealkylation sites (tertiary alicyclic amines) is 1. The van der Waals surface area contributed by atoms with Crippen LogP contribution in [-0.4, -0.2) is 29.3 Å². The Bertz CT molecular complexity index is 433. The largest absolute Gasteiger partial charge is 0.369 e. The molecule has 138 valence electrons. The molecule has 0 aromatic heterocycles. The fourth-order valence-corrected chi connectivity index (χ4v) is 4.91. The van der Waals surface area contributed by atoms with Crippen LogP contribution in [0.5, 0.6) is 0 Å². The van der Waals surface area contributed by atoms with Crippen LogP contribution in [0.2, 0.25) is 0 Å². The molecule has 4 atom stereocenters. The average Bonchev–Trinajstić information content (AvgIpc) is 2.56. The second kappa shape index (κ2) is 8.87. The van der Waals surface area contributed by atoms with Gasteiger partial charge in [-0.05, 0) is 50.4 Å². The number of carbonyl (C=O) groups is 2. The molecule has 2 fully saturated rings. The van der Waals surface area contributed by atoms with Crippen molar-refractivity contribution >= 4 is 11.8 Å². The van der Waals surface area contributed by atoms with Gasteiger partial charge in [-0.15, -0.1) is 0 Å². The van der Waals surface area contributed by atoms with Gasteiger partial charge in [0.2, 0.25) is 11.8 Å². The Balaban J connectivity index is 2.20. The van der Waals surface area contributed by atoms with Crippen molar-refractivity contribution in [1.29, 1.82) is 0 Å². The summed E-state index contributed by atoms with van der Waals surface area (Å²) in [7, 11) is 0. The minimum absolute atomic E-state index is 0.206. The number of nitrogens with zero attached hydrogens (tertiary/aromatic N) is 1. The molecular formula is C20H36N2O2. The van der Waals surface area contributed by atoms with Crippen LogP contribution in [0, 0.1) is 23.7 Å². The van der Waals surface area contributed by atoms with Gasteiger partial charge in [0.15, 0.2) is 0 Å². The molecule has 4 unspecified atom stereocenters. The van der Waals surface area contributed by atoms with E-state index < -0.39 is 0 Å². The lowest BCUT2D eigenvalue weighted by molar-refractivity contribution is -0.147. The van der Waals surface area contributed by atoms with E-state index in [0.717, 1.165) is 38.6 Å². The molecule has 1 saturated carbocycles. The van der Waals surface area contributed by atoms with E-state index in [1.54, 1.807) is 0 Å². The molecule has 0 spiro atoms. The first-order valence-electron chi connectivity index (χ1n) is 10.1. The van der Waals surface area contributed by atoms with Crippen LogP contribution in [0.25, 0.3) is 0 Å². The van der Waals surface area contributed by atoms with E-state index in [-0.39, 0.29) is 23.7 Å². The van der Waals surface area contributed by atoms with Crippen molar-refractivity contribution in [3.63, 3.8) is 0 Å². The van der Waals surface area contributed by atoms with E-state index in [4.69, 9.17) is 5.73 Å². The highest BCUT2D eigenvalue weighted by Crippen LogP contribution is 2.37. The van der Waals surface area contributed by atoms with Crippen LogP contribution in [-0.2, 0) is 9.59 Å². The molecule has 2 rings (SSSR count). The SMILES string of the molecule is CCCC(C(N)=O)C(CC(C)C)C(=O)N1CCCC2CCCCC21. The molecule has 0 aromatic carbocycles. The Hall–Kier alpha value is -1.06. The summed E-state index contributed by atoms with van der Waals surface area (Å²) in [6, 6.07) is 0.407. The molecule has 0 radical (unpaired) electrons. The monoisotopic (exact) mass is 336 g/mol. The summed E-state index contributed by atoms with van der Waals surface area (Å²) in [6.07, 6.45) is 9.68. The lowest BCUT2D eigenvalue weighted by Gasteiger charge is -2.46. The zero-order valence-corrected chi connectivity index (χ0v) is 15.8. The molecule has 0 aromatic rings. The number of nitrogens with two attached hydrogens (primary N) is 1. The Morgan fingerprint density at radius 3 is 2.38 bits per heavy atom. The van der Waals surface area contributed by atoms with Gasteiger partial charge in [-0.3, -0.25) is 9.59 Å². The minimum atomic E-state index is -0.311. The van der Waals surface area contributed by atoms with Crippen molar-refractivity contribution in [3.05, 3.63) is 0 Å². The van der Waals surface area contributed by atoms with Crippen LogP contribution in [0.1, 0.15) is 78.6 Å². The Morgan fingerprint density at radius 1 is 1.08 bits per heavy atom. The molecular weight excluding hydrogens is 300 g/mol. The summed E-state index contributed by atoms with van der Waals surface area (Å²) >= 11 is 0. The molecule has 4 nitrogen and oxygen atoms in total. The van der Waals surface area contributed by atoms with E-state index in [2.05, 4.69) is 25.7 Å². The lowest BCUT2D eigenvalue weighted by Crippen LogP contribution is -2.53. The Labute approximate surface area is 147 Å². The van der Waals surface area contributed by atoms with Gasteiger partial charge in [-0.25, -0.2) is 0 Å². The smallest absolute Gasteiger partial charge is 0.226 e. The molecule has 1 heterocycles. The topological polar surface area (TPSA) is 63.4 Å². The maximum absolute atomic E-state index is 13.4. The molecule has 0 bridgehead atoms. The second-order valence-electron chi connectivity index (χ2n) is 8.32. The van der Waals surface area contributed by atoms with Gasteiger partial charge in [0.05, 0.1) is 0 Å². The zero-order chi connectivity index (χ0) is 17.7. The van der Waals surface area contributed by atoms with Gasteiger partial charge >= 0.3 is 0 Å². The number of primary amides is 1. The fourth-order valence-electron chi connectivity index (χ4n) is 4.91. The standard InChI is InChI=1S/C20H36N2O2/c1-4-8-16(19(21)23)17(13-14(2)3)20(24)22-12-7-10-15-9-5-6-11-18(15)22/h14-18H,4-13H2,1-3H3,(H2,21,23). The van der Waals surface area contributed by atoms with Crippen molar-refractivity contribution in [3.8, 4) is 0 Å². The molecule has 2 N–H and O–H groups in total. The lowest BCUT2D eigenvalue weighted by atomic mass is 9.76. The van der Waals surface area contributed by atoms with Crippen molar-refractivity contribution in [2.75, 3.05) is 6.54 Å². The third-order valence-corrected chi connectivity index (χ3v) is 6.02.